The van der Waals surface area contributed by atoms with Crippen molar-refractivity contribution in [3.8, 4) is 0 Å². The Morgan fingerprint density at radius 2 is 1.77 bits per heavy atom. The van der Waals surface area contributed by atoms with Crippen LogP contribution in [0.5, 0.6) is 0 Å². The van der Waals surface area contributed by atoms with Crippen molar-refractivity contribution < 1.29 is 13.2 Å². The zero-order valence-electron chi connectivity index (χ0n) is 16.5. The Morgan fingerprint density at radius 3 is 2.47 bits per heavy atom. The van der Waals surface area contributed by atoms with Gasteiger partial charge in [-0.3, -0.25) is 9.69 Å². The van der Waals surface area contributed by atoms with Gasteiger partial charge in [-0.15, -0.1) is 18.3 Å². The number of benzene rings is 2. The Labute approximate surface area is 186 Å². The summed E-state index contributed by atoms with van der Waals surface area (Å²) in [5.74, 6) is 0.637. The highest BCUT2D eigenvalue weighted by molar-refractivity contribution is 7.99. The van der Waals surface area contributed by atoms with Gasteiger partial charge in [-0.1, -0.05) is 41.9 Å². The number of sulfonamides is 1. The molecule has 30 heavy (non-hydrogen) atoms. The normalized spacial score (nSPS) is 15.6. The molecule has 0 radical (unpaired) electrons. The molecule has 0 atom stereocenters. The average molecular weight is 466 g/mol. The third kappa shape index (κ3) is 5.65. The lowest BCUT2D eigenvalue weighted by atomic mass is 10.3. The van der Waals surface area contributed by atoms with E-state index in [9.17, 15) is 13.2 Å². The van der Waals surface area contributed by atoms with Crippen LogP contribution in [0.25, 0.3) is 0 Å². The van der Waals surface area contributed by atoms with Crippen LogP contribution in [0.15, 0.2) is 71.0 Å². The van der Waals surface area contributed by atoms with Gasteiger partial charge in [0.1, 0.15) is 4.90 Å². The van der Waals surface area contributed by atoms with E-state index >= 15 is 0 Å². The Bertz CT molecular complexity index is 1010. The highest BCUT2D eigenvalue weighted by Crippen LogP contribution is 2.27. The zero-order valence-corrected chi connectivity index (χ0v) is 18.8. The van der Waals surface area contributed by atoms with Gasteiger partial charge in [0, 0.05) is 36.8 Å². The van der Waals surface area contributed by atoms with E-state index < -0.39 is 10.0 Å². The van der Waals surface area contributed by atoms with Crippen LogP contribution in [-0.4, -0.2) is 62.0 Å². The number of para-hydroxylation sites is 1. The molecule has 0 aliphatic carbocycles. The molecule has 2 aromatic rings. The molecule has 0 spiro atoms. The molecule has 1 aliphatic rings. The molecule has 2 aromatic carbocycles. The van der Waals surface area contributed by atoms with Gasteiger partial charge in [0.2, 0.25) is 15.9 Å². The number of hydrogen-bond acceptors (Lipinski definition) is 5. The maximum atomic E-state index is 12.8. The Morgan fingerprint density at radius 1 is 1.10 bits per heavy atom. The fourth-order valence-corrected chi connectivity index (χ4v) is 5.82. The van der Waals surface area contributed by atoms with E-state index in [0.29, 0.717) is 26.2 Å². The lowest BCUT2D eigenvalue weighted by Gasteiger charge is -2.33. The molecule has 160 valence electrons. The standard InChI is InChI=1S/C21H24ClN3O3S2/c1-2-15-29-19-9-5-4-8-18(19)23-21(26)16-24-11-13-25(14-12-24)30(27,28)20-10-6-3-7-17(20)22/h2-10H,1,11-16H2,(H,23,26). The molecule has 1 aliphatic heterocycles. The maximum Gasteiger partial charge on any atom is 0.244 e. The summed E-state index contributed by atoms with van der Waals surface area (Å²) in [4.78, 5) is 15.6. The summed E-state index contributed by atoms with van der Waals surface area (Å²) in [7, 11) is -3.64. The molecule has 1 saturated heterocycles. The zero-order chi connectivity index (χ0) is 21.6. The maximum absolute atomic E-state index is 12.8. The van der Waals surface area contributed by atoms with Crippen molar-refractivity contribution in [3.05, 3.63) is 66.2 Å². The molecule has 0 aromatic heterocycles. The number of halogens is 1. The number of anilines is 1. The summed E-state index contributed by atoms with van der Waals surface area (Å²) in [6.45, 7) is 5.51. The minimum atomic E-state index is -3.64. The first-order chi connectivity index (χ1) is 14.4. The van der Waals surface area contributed by atoms with Crippen LogP contribution < -0.4 is 5.32 Å². The van der Waals surface area contributed by atoms with E-state index in [2.05, 4.69) is 11.9 Å². The Balaban J connectivity index is 1.56. The van der Waals surface area contributed by atoms with E-state index in [4.69, 9.17) is 11.6 Å². The van der Waals surface area contributed by atoms with E-state index in [1.54, 1.807) is 30.0 Å². The molecule has 0 saturated carbocycles. The van der Waals surface area contributed by atoms with Crippen molar-refractivity contribution in [3.63, 3.8) is 0 Å². The van der Waals surface area contributed by atoms with E-state index in [0.717, 1.165) is 16.3 Å². The van der Waals surface area contributed by atoms with Gasteiger partial charge in [0.15, 0.2) is 0 Å². The first-order valence-corrected chi connectivity index (χ1v) is 12.3. The number of nitrogens with one attached hydrogen (secondary N) is 1. The van der Waals surface area contributed by atoms with Crippen LogP contribution in [-0.2, 0) is 14.8 Å². The number of thioether (sulfide) groups is 1. The first-order valence-electron chi connectivity index (χ1n) is 9.51. The summed E-state index contributed by atoms with van der Waals surface area (Å²) in [5.41, 5.74) is 0.772. The van der Waals surface area contributed by atoms with Crippen LogP contribution in [0.4, 0.5) is 5.69 Å². The summed E-state index contributed by atoms with van der Waals surface area (Å²) < 4.78 is 27.1. The van der Waals surface area contributed by atoms with E-state index in [-0.39, 0.29) is 22.4 Å². The fraction of sp³-hybridized carbons (Fsp3) is 0.286. The molecule has 0 unspecified atom stereocenters. The van der Waals surface area contributed by atoms with Crippen LogP contribution in [0.2, 0.25) is 5.02 Å². The number of hydrogen-bond donors (Lipinski definition) is 1. The Kier molecular flexibility index (Phi) is 7.96. The highest BCUT2D eigenvalue weighted by atomic mass is 35.5. The summed E-state index contributed by atoms with van der Waals surface area (Å²) in [6.07, 6.45) is 1.82. The highest BCUT2D eigenvalue weighted by Gasteiger charge is 2.30. The molecule has 9 heteroatoms. The van der Waals surface area contributed by atoms with Gasteiger partial charge < -0.3 is 5.32 Å². The molecule has 1 N–H and O–H groups in total. The van der Waals surface area contributed by atoms with Crippen molar-refractivity contribution in [1.29, 1.82) is 0 Å². The second-order valence-corrected chi connectivity index (χ2v) is 10.1. The number of amides is 1. The number of carbonyl (C=O) groups excluding carboxylic acids is 1. The minimum absolute atomic E-state index is 0.117. The quantitative estimate of drug-likeness (QED) is 0.476. The molecule has 6 nitrogen and oxygen atoms in total. The predicted molar refractivity (Wildman–Crippen MR) is 123 cm³/mol. The number of nitrogens with zero attached hydrogens (tertiary/aromatic N) is 2. The van der Waals surface area contributed by atoms with Crippen molar-refractivity contribution in [2.75, 3.05) is 43.8 Å². The fourth-order valence-electron chi connectivity index (χ4n) is 3.16. The molecule has 1 heterocycles. The van der Waals surface area contributed by atoms with Crippen LogP contribution in [0.1, 0.15) is 0 Å². The first kappa shape index (κ1) is 22.8. The van der Waals surface area contributed by atoms with Crippen LogP contribution in [0, 0.1) is 0 Å². The number of rotatable bonds is 8. The van der Waals surface area contributed by atoms with Gasteiger partial charge >= 0.3 is 0 Å². The summed E-state index contributed by atoms with van der Waals surface area (Å²) in [6, 6.07) is 14.1. The van der Waals surface area contributed by atoms with Crippen molar-refractivity contribution >= 4 is 45.0 Å². The van der Waals surface area contributed by atoms with Gasteiger partial charge in [0.25, 0.3) is 0 Å². The number of carbonyl (C=O) groups is 1. The van der Waals surface area contributed by atoms with Crippen molar-refractivity contribution in [2.24, 2.45) is 0 Å². The predicted octanol–water partition coefficient (Wildman–Crippen LogP) is 3.56. The second-order valence-electron chi connectivity index (χ2n) is 6.75. The molecule has 1 amide bonds. The lowest BCUT2D eigenvalue weighted by molar-refractivity contribution is -0.117. The third-order valence-corrected chi connectivity index (χ3v) is 8.14. The topological polar surface area (TPSA) is 69.7 Å². The summed E-state index contributed by atoms with van der Waals surface area (Å²) >= 11 is 7.68. The smallest absolute Gasteiger partial charge is 0.244 e. The Hall–Kier alpha value is -1.84. The largest absolute Gasteiger partial charge is 0.324 e. The lowest BCUT2D eigenvalue weighted by Crippen LogP contribution is -2.50. The van der Waals surface area contributed by atoms with Crippen molar-refractivity contribution in [2.45, 2.75) is 9.79 Å². The molecular formula is C21H24ClN3O3S2. The van der Waals surface area contributed by atoms with Gasteiger partial charge in [-0.05, 0) is 24.3 Å². The number of piperazine rings is 1. The minimum Gasteiger partial charge on any atom is -0.324 e. The second kappa shape index (κ2) is 10.5. The van der Waals surface area contributed by atoms with Gasteiger partial charge in [-0.2, -0.15) is 4.31 Å². The van der Waals surface area contributed by atoms with E-state index in [1.807, 2.05) is 35.2 Å². The average Bonchev–Trinajstić information content (AvgIpc) is 2.73. The van der Waals surface area contributed by atoms with Gasteiger partial charge in [-0.25, -0.2) is 8.42 Å². The van der Waals surface area contributed by atoms with Crippen molar-refractivity contribution in [1.82, 2.24) is 9.21 Å². The molecule has 3 rings (SSSR count). The monoisotopic (exact) mass is 465 g/mol. The third-order valence-electron chi connectivity index (χ3n) is 4.67. The molecular weight excluding hydrogens is 442 g/mol. The molecule has 0 bridgehead atoms. The van der Waals surface area contributed by atoms with Crippen LogP contribution >= 0.6 is 23.4 Å². The van der Waals surface area contributed by atoms with E-state index in [1.165, 1.54) is 10.4 Å². The van der Waals surface area contributed by atoms with Crippen LogP contribution in [0.3, 0.4) is 0 Å². The van der Waals surface area contributed by atoms with Gasteiger partial charge in [0.05, 0.1) is 17.3 Å². The summed E-state index contributed by atoms with van der Waals surface area (Å²) in [5, 5.41) is 3.17. The molecule has 1 fully saturated rings. The SMILES string of the molecule is C=CCSc1ccccc1NC(=O)CN1CCN(S(=O)(=O)c2ccccc2Cl)CC1.